The summed E-state index contributed by atoms with van der Waals surface area (Å²) in [6.07, 6.45) is 0. The second-order valence-electron chi connectivity index (χ2n) is 2.03. The lowest BCUT2D eigenvalue weighted by Crippen LogP contribution is -2.29. The minimum Gasteiger partial charge on any atom is -0.370 e. The molecule has 0 aliphatic heterocycles. The van der Waals surface area contributed by atoms with Crippen LogP contribution in [-0.2, 0) is 0 Å². The zero-order chi connectivity index (χ0) is 6.78. The van der Waals surface area contributed by atoms with Crippen molar-refractivity contribution in [2.24, 2.45) is 16.5 Å². The Balaban J connectivity index is 3.89. The first kappa shape index (κ1) is 7.23. The monoisotopic (exact) mass is 117 g/mol. The lowest BCUT2D eigenvalue weighted by molar-refractivity contribution is 0.0906. The third-order valence-electron chi connectivity index (χ3n) is 0.403. The van der Waals surface area contributed by atoms with Crippen molar-refractivity contribution in [2.75, 3.05) is 0 Å². The van der Waals surface area contributed by atoms with Gasteiger partial charge in [-0.25, -0.2) is 4.99 Å². The summed E-state index contributed by atoms with van der Waals surface area (Å²) >= 11 is 0. The topological polar surface area (TPSA) is 84.6 Å². The zero-order valence-corrected chi connectivity index (χ0v) is 5.05. The number of guanidine groups is 1. The molecule has 0 rings (SSSR count). The molecule has 0 amide bonds. The van der Waals surface area contributed by atoms with Gasteiger partial charge in [-0.3, -0.25) is 0 Å². The average Bonchev–Trinajstić information content (AvgIpc) is 1.21. The zero-order valence-electron chi connectivity index (χ0n) is 5.05. The van der Waals surface area contributed by atoms with E-state index in [1.54, 1.807) is 0 Å². The third-order valence-corrected chi connectivity index (χ3v) is 0.403. The van der Waals surface area contributed by atoms with Gasteiger partial charge in [-0.1, -0.05) is 0 Å². The Morgan fingerprint density at radius 1 is 1.50 bits per heavy atom. The highest BCUT2D eigenvalue weighted by Crippen LogP contribution is 1.99. The number of nitrogens with zero attached hydrogens (tertiary/aromatic N) is 1. The van der Waals surface area contributed by atoms with Gasteiger partial charge in [0.05, 0.1) is 0 Å². The minimum atomic E-state index is -1.14. The van der Waals surface area contributed by atoms with Gasteiger partial charge in [0.15, 0.2) is 11.7 Å². The highest BCUT2D eigenvalue weighted by Gasteiger charge is 2.07. The van der Waals surface area contributed by atoms with E-state index < -0.39 is 5.72 Å². The van der Waals surface area contributed by atoms with Gasteiger partial charge in [-0.2, -0.15) is 0 Å². The molecule has 0 bridgehead atoms. The molecule has 0 saturated heterocycles. The van der Waals surface area contributed by atoms with Crippen LogP contribution in [-0.4, -0.2) is 16.8 Å². The minimum absolute atomic E-state index is 0.0995. The number of hydrogen-bond acceptors (Lipinski definition) is 2. The molecule has 0 spiro atoms. The van der Waals surface area contributed by atoms with Gasteiger partial charge < -0.3 is 16.6 Å². The van der Waals surface area contributed by atoms with E-state index >= 15 is 0 Å². The number of nitrogens with two attached hydrogens (primary N) is 2. The summed E-state index contributed by atoms with van der Waals surface area (Å²) in [5.74, 6) is -0.0995. The van der Waals surface area contributed by atoms with Crippen LogP contribution in [0.25, 0.3) is 0 Å². The van der Waals surface area contributed by atoms with Crippen molar-refractivity contribution in [3.63, 3.8) is 0 Å². The summed E-state index contributed by atoms with van der Waals surface area (Å²) < 4.78 is 0. The molecular weight excluding hydrogens is 106 g/mol. The molecule has 0 aromatic carbocycles. The number of rotatable bonds is 1. The Bertz CT molecular complexity index is 98.3. The van der Waals surface area contributed by atoms with Crippen LogP contribution >= 0.6 is 0 Å². The lowest BCUT2D eigenvalue weighted by atomic mass is 10.3. The van der Waals surface area contributed by atoms with Gasteiger partial charge in [-0.15, -0.1) is 0 Å². The first-order chi connectivity index (χ1) is 3.42. The molecule has 0 atom stereocenters. The summed E-state index contributed by atoms with van der Waals surface area (Å²) in [6, 6.07) is 0. The Morgan fingerprint density at radius 3 is 1.88 bits per heavy atom. The van der Waals surface area contributed by atoms with E-state index in [0.29, 0.717) is 0 Å². The van der Waals surface area contributed by atoms with Crippen LogP contribution in [0.1, 0.15) is 13.8 Å². The van der Waals surface area contributed by atoms with Crippen LogP contribution < -0.4 is 11.5 Å². The molecule has 0 radical (unpaired) electrons. The van der Waals surface area contributed by atoms with E-state index in [2.05, 4.69) is 4.99 Å². The van der Waals surface area contributed by atoms with Gasteiger partial charge >= 0.3 is 0 Å². The standard InChI is InChI=1S/C4H11N3O/c1-4(2,8)7-3(5)6/h8H,1-2H3,(H4,5,6,7). The Kier molecular flexibility index (Phi) is 1.81. The van der Waals surface area contributed by atoms with Crippen molar-refractivity contribution in [3.05, 3.63) is 0 Å². The summed E-state index contributed by atoms with van der Waals surface area (Å²) in [6.45, 7) is 2.99. The van der Waals surface area contributed by atoms with E-state index in [1.165, 1.54) is 13.8 Å². The van der Waals surface area contributed by atoms with Crippen LogP contribution in [0.5, 0.6) is 0 Å². The Labute approximate surface area is 48.2 Å². The molecule has 0 heterocycles. The van der Waals surface area contributed by atoms with Crippen molar-refractivity contribution in [2.45, 2.75) is 19.6 Å². The van der Waals surface area contributed by atoms with Crippen LogP contribution in [0.2, 0.25) is 0 Å². The second-order valence-corrected chi connectivity index (χ2v) is 2.03. The van der Waals surface area contributed by atoms with Gasteiger partial charge in [0.1, 0.15) is 0 Å². The van der Waals surface area contributed by atoms with E-state index in [-0.39, 0.29) is 5.96 Å². The van der Waals surface area contributed by atoms with Crippen molar-refractivity contribution >= 4 is 5.96 Å². The predicted molar refractivity (Wildman–Crippen MR) is 32.1 cm³/mol. The molecule has 5 N–H and O–H groups in total. The van der Waals surface area contributed by atoms with Gasteiger partial charge in [0.25, 0.3) is 0 Å². The Morgan fingerprint density at radius 2 is 1.88 bits per heavy atom. The maximum Gasteiger partial charge on any atom is 0.188 e. The smallest absolute Gasteiger partial charge is 0.188 e. The van der Waals surface area contributed by atoms with Crippen LogP contribution in [0.15, 0.2) is 4.99 Å². The summed E-state index contributed by atoms with van der Waals surface area (Å²) in [5.41, 5.74) is 8.75. The van der Waals surface area contributed by atoms with Crippen molar-refractivity contribution in [1.29, 1.82) is 0 Å². The van der Waals surface area contributed by atoms with Crippen LogP contribution in [0, 0.1) is 0 Å². The first-order valence-electron chi connectivity index (χ1n) is 2.25. The maximum absolute atomic E-state index is 8.84. The SMILES string of the molecule is CC(C)(O)N=C(N)N. The molecule has 4 heteroatoms. The fraction of sp³-hybridized carbons (Fsp3) is 0.750. The molecule has 0 aliphatic carbocycles. The van der Waals surface area contributed by atoms with E-state index in [4.69, 9.17) is 16.6 Å². The van der Waals surface area contributed by atoms with E-state index in [1.807, 2.05) is 0 Å². The average molecular weight is 117 g/mol. The third kappa shape index (κ3) is 5.23. The van der Waals surface area contributed by atoms with Crippen LogP contribution in [0.4, 0.5) is 0 Å². The normalized spacial score (nSPS) is 10.9. The summed E-state index contributed by atoms with van der Waals surface area (Å²) in [7, 11) is 0. The fourth-order valence-corrected chi connectivity index (χ4v) is 0.316. The number of aliphatic imine (C=N–C) groups is 1. The number of aliphatic hydroxyl groups is 1. The molecule has 0 aromatic heterocycles. The summed E-state index contributed by atoms with van der Waals surface area (Å²) in [5, 5.41) is 8.84. The fourth-order valence-electron chi connectivity index (χ4n) is 0.316. The van der Waals surface area contributed by atoms with Gasteiger partial charge in [0, 0.05) is 0 Å². The molecule has 0 fully saturated rings. The highest BCUT2D eigenvalue weighted by molar-refractivity contribution is 5.75. The van der Waals surface area contributed by atoms with Crippen LogP contribution in [0.3, 0.4) is 0 Å². The molecule has 0 aromatic rings. The maximum atomic E-state index is 8.84. The summed E-state index contributed by atoms with van der Waals surface area (Å²) in [4.78, 5) is 3.44. The second kappa shape index (κ2) is 2.00. The van der Waals surface area contributed by atoms with E-state index in [9.17, 15) is 0 Å². The molecule has 8 heavy (non-hydrogen) atoms. The first-order valence-corrected chi connectivity index (χ1v) is 2.25. The molecule has 0 saturated carbocycles. The number of hydrogen-bond donors (Lipinski definition) is 3. The van der Waals surface area contributed by atoms with Crippen molar-refractivity contribution in [3.8, 4) is 0 Å². The van der Waals surface area contributed by atoms with Gasteiger partial charge in [0.2, 0.25) is 0 Å². The Hall–Kier alpha value is -0.770. The van der Waals surface area contributed by atoms with Crippen molar-refractivity contribution < 1.29 is 5.11 Å². The van der Waals surface area contributed by atoms with Crippen molar-refractivity contribution in [1.82, 2.24) is 0 Å². The molecular formula is C4H11N3O. The van der Waals surface area contributed by atoms with E-state index in [0.717, 1.165) is 0 Å². The quantitative estimate of drug-likeness (QED) is 0.304. The highest BCUT2D eigenvalue weighted by atomic mass is 16.3. The molecule has 48 valence electrons. The molecule has 4 nitrogen and oxygen atoms in total. The van der Waals surface area contributed by atoms with Gasteiger partial charge in [-0.05, 0) is 13.8 Å². The molecule has 0 aliphatic rings. The lowest BCUT2D eigenvalue weighted by Gasteiger charge is -2.09. The largest absolute Gasteiger partial charge is 0.370 e. The molecule has 0 unspecified atom stereocenters. The predicted octanol–water partition coefficient (Wildman–Crippen LogP) is -1.01.